The normalized spacial score (nSPS) is 12.0. The molecule has 0 atom stereocenters. The number of allylic oxidation sites excluding steroid dienone is 1. The Morgan fingerprint density at radius 2 is 2.20 bits per heavy atom. The van der Waals surface area contributed by atoms with Crippen LogP contribution >= 0.6 is 22.6 Å². The molecular weight excluding hydrogens is 179 g/mol. The van der Waals surface area contributed by atoms with Gasteiger partial charge in [0.2, 0.25) is 0 Å². The summed E-state index contributed by atoms with van der Waals surface area (Å²) in [7, 11) is 0. The number of halogens is 1. The molecule has 2 heteroatoms. The van der Waals surface area contributed by atoms with E-state index in [1.165, 1.54) is 0 Å². The minimum Gasteiger partial charge on any atom is -0.503 e. The maximum atomic E-state index is 8.21. The maximum Gasteiger partial charge on any atom is 0.149 e. The van der Waals surface area contributed by atoms with Gasteiger partial charge in [0.15, 0.2) is 0 Å². The largest absolute Gasteiger partial charge is 0.503 e. The Morgan fingerprint density at radius 3 is 2.20 bits per heavy atom. The Bertz CT molecular complexity index is 44.9. The summed E-state index contributed by atoms with van der Waals surface area (Å²) < 4.78 is 0.350. The van der Waals surface area contributed by atoms with Crippen LogP contribution in [0.15, 0.2) is 9.84 Å². The fourth-order valence-electron chi connectivity index (χ4n) is 0. The zero-order valence-electron chi connectivity index (χ0n) is 2.90. The second kappa shape index (κ2) is 2.50. The highest BCUT2D eigenvalue weighted by Gasteiger charge is 1.66. The number of rotatable bonds is 0. The standard InChI is InChI=1S/C3H5IO/c1-2-3(4)5/h2,5H,1H3. The van der Waals surface area contributed by atoms with Crippen molar-refractivity contribution in [2.24, 2.45) is 0 Å². The van der Waals surface area contributed by atoms with Gasteiger partial charge in [0.1, 0.15) is 3.77 Å². The molecule has 0 saturated carbocycles. The minimum absolute atomic E-state index is 0.350. The molecule has 0 aliphatic heterocycles. The Hall–Kier alpha value is 0.270. The SMILES string of the molecule is CC=C(O)I. The van der Waals surface area contributed by atoms with Crippen LogP contribution in [0.3, 0.4) is 0 Å². The molecule has 30 valence electrons. The number of aliphatic hydroxyl groups excluding tert-OH is 1. The zero-order valence-corrected chi connectivity index (χ0v) is 5.06. The average Bonchev–Trinajstić information content (AvgIpc) is 1.38. The van der Waals surface area contributed by atoms with Gasteiger partial charge in [-0.2, -0.15) is 0 Å². The third-order valence-corrected chi connectivity index (χ3v) is 0.861. The topological polar surface area (TPSA) is 20.2 Å². The van der Waals surface area contributed by atoms with Crippen LogP contribution < -0.4 is 0 Å². The monoisotopic (exact) mass is 184 g/mol. The predicted molar refractivity (Wildman–Crippen MR) is 30.4 cm³/mol. The van der Waals surface area contributed by atoms with Crippen LogP contribution in [-0.2, 0) is 0 Å². The third-order valence-electron chi connectivity index (χ3n) is 0.238. The molecule has 1 nitrogen and oxygen atoms in total. The Balaban J connectivity index is 3.14. The first kappa shape index (κ1) is 5.27. The number of hydrogen-bond acceptors (Lipinski definition) is 1. The van der Waals surface area contributed by atoms with E-state index in [4.69, 9.17) is 5.11 Å². The van der Waals surface area contributed by atoms with Gasteiger partial charge in [-0.15, -0.1) is 0 Å². The molecule has 0 aliphatic carbocycles. The molecule has 0 unspecified atom stereocenters. The molecule has 0 aliphatic rings. The summed E-state index contributed by atoms with van der Waals surface area (Å²) in [6, 6.07) is 0. The first-order valence-electron chi connectivity index (χ1n) is 1.28. The summed E-state index contributed by atoms with van der Waals surface area (Å²) in [5.74, 6) is 0. The molecule has 0 aromatic heterocycles. The lowest BCUT2D eigenvalue weighted by Gasteiger charge is -1.72. The lowest BCUT2D eigenvalue weighted by atomic mass is 10.7. The van der Waals surface area contributed by atoms with Gasteiger partial charge in [0, 0.05) is 0 Å². The zero-order chi connectivity index (χ0) is 4.28. The molecule has 0 fully saturated rings. The van der Waals surface area contributed by atoms with Crippen LogP contribution in [0.1, 0.15) is 6.92 Å². The van der Waals surface area contributed by atoms with E-state index in [9.17, 15) is 0 Å². The molecular formula is C3H5IO. The highest BCUT2D eigenvalue weighted by Crippen LogP contribution is 1.95. The Morgan fingerprint density at radius 1 is 2.00 bits per heavy atom. The highest BCUT2D eigenvalue weighted by atomic mass is 127. The van der Waals surface area contributed by atoms with Crippen molar-refractivity contribution in [2.75, 3.05) is 0 Å². The van der Waals surface area contributed by atoms with Crippen LogP contribution in [0.25, 0.3) is 0 Å². The second-order valence-corrected chi connectivity index (χ2v) is 1.72. The minimum atomic E-state index is 0.350. The molecule has 0 amide bonds. The Labute approximate surface area is 44.8 Å². The van der Waals surface area contributed by atoms with Crippen LogP contribution in [0, 0.1) is 0 Å². The predicted octanol–water partition coefficient (Wildman–Crippen LogP) is 1.84. The van der Waals surface area contributed by atoms with Gasteiger partial charge >= 0.3 is 0 Å². The average molecular weight is 184 g/mol. The van der Waals surface area contributed by atoms with Gasteiger partial charge in [0.25, 0.3) is 0 Å². The number of hydrogen-bond donors (Lipinski definition) is 1. The molecule has 0 saturated heterocycles. The summed E-state index contributed by atoms with van der Waals surface area (Å²) in [5.41, 5.74) is 0. The van der Waals surface area contributed by atoms with Crippen LogP contribution in [0.2, 0.25) is 0 Å². The molecule has 0 aromatic rings. The van der Waals surface area contributed by atoms with Crippen molar-refractivity contribution >= 4 is 22.6 Å². The van der Waals surface area contributed by atoms with Crippen LogP contribution in [0.5, 0.6) is 0 Å². The van der Waals surface area contributed by atoms with Crippen molar-refractivity contribution in [2.45, 2.75) is 6.92 Å². The molecule has 0 heterocycles. The fourth-order valence-corrected chi connectivity index (χ4v) is 0. The van der Waals surface area contributed by atoms with Crippen molar-refractivity contribution in [3.8, 4) is 0 Å². The summed E-state index contributed by atoms with van der Waals surface area (Å²) in [5, 5.41) is 8.21. The van der Waals surface area contributed by atoms with Gasteiger partial charge < -0.3 is 5.11 Å². The molecule has 0 aromatic carbocycles. The second-order valence-electron chi connectivity index (χ2n) is 0.611. The lowest BCUT2D eigenvalue weighted by molar-refractivity contribution is 0.464. The smallest absolute Gasteiger partial charge is 0.149 e. The fraction of sp³-hybridized carbons (Fsp3) is 0.333. The molecule has 0 radical (unpaired) electrons. The van der Waals surface area contributed by atoms with E-state index in [0.29, 0.717) is 3.77 Å². The van der Waals surface area contributed by atoms with E-state index in [0.717, 1.165) is 0 Å². The molecule has 5 heavy (non-hydrogen) atoms. The van der Waals surface area contributed by atoms with E-state index < -0.39 is 0 Å². The maximum absolute atomic E-state index is 8.21. The highest BCUT2D eigenvalue weighted by molar-refractivity contribution is 14.1. The quantitative estimate of drug-likeness (QED) is 0.449. The van der Waals surface area contributed by atoms with Crippen molar-refractivity contribution in [3.05, 3.63) is 9.84 Å². The molecule has 0 spiro atoms. The Kier molecular flexibility index (Phi) is 2.64. The summed E-state index contributed by atoms with van der Waals surface area (Å²) in [6.45, 7) is 1.78. The van der Waals surface area contributed by atoms with Gasteiger partial charge in [-0.3, -0.25) is 0 Å². The van der Waals surface area contributed by atoms with Crippen molar-refractivity contribution in [1.29, 1.82) is 0 Å². The first-order valence-corrected chi connectivity index (χ1v) is 2.36. The molecule has 0 bridgehead atoms. The van der Waals surface area contributed by atoms with E-state index in [-0.39, 0.29) is 0 Å². The first-order chi connectivity index (χ1) is 2.27. The van der Waals surface area contributed by atoms with Crippen molar-refractivity contribution in [1.82, 2.24) is 0 Å². The third kappa shape index (κ3) is 4.27. The van der Waals surface area contributed by atoms with E-state index in [2.05, 4.69) is 0 Å². The number of aliphatic hydroxyl groups is 1. The summed E-state index contributed by atoms with van der Waals surface area (Å²) in [4.78, 5) is 0. The van der Waals surface area contributed by atoms with Gasteiger partial charge in [-0.05, 0) is 35.6 Å². The molecule has 1 N–H and O–H groups in total. The van der Waals surface area contributed by atoms with E-state index in [1.807, 2.05) is 22.6 Å². The lowest BCUT2D eigenvalue weighted by Crippen LogP contribution is -1.53. The van der Waals surface area contributed by atoms with Gasteiger partial charge in [-0.25, -0.2) is 0 Å². The van der Waals surface area contributed by atoms with Crippen molar-refractivity contribution < 1.29 is 5.11 Å². The van der Waals surface area contributed by atoms with E-state index >= 15 is 0 Å². The van der Waals surface area contributed by atoms with Crippen LogP contribution in [-0.4, -0.2) is 5.11 Å². The molecule has 0 rings (SSSR count). The van der Waals surface area contributed by atoms with E-state index in [1.54, 1.807) is 13.0 Å². The van der Waals surface area contributed by atoms with Crippen molar-refractivity contribution in [3.63, 3.8) is 0 Å². The summed E-state index contributed by atoms with van der Waals surface area (Å²) in [6.07, 6.45) is 1.63. The summed E-state index contributed by atoms with van der Waals surface area (Å²) >= 11 is 1.82. The van der Waals surface area contributed by atoms with Gasteiger partial charge in [0.05, 0.1) is 0 Å². The van der Waals surface area contributed by atoms with Crippen LogP contribution in [0.4, 0.5) is 0 Å². The van der Waals surface area contributed by atoms with Gasteiger partial charge in [-0.1, -0.05) is 0 Å².